The van der Waals surface area contributed by atoms with E-state index in [1.54, 1.807) is 18.5 Å². The number of nitrogens with zero attached hydrogens (tertiary/aromatic N) is 2. The molecule has 2 N–H and O–H groups in total. The molecule has 106 valence electrons. The Morgan fingerprint density at radius 3 is 2.90 bits per heavy atom. The van der Waals surface area contributed by atoms with Gasteiger partial charge in [0, 0.05) is 29.6 Å². The summed E-state index contributed by atoms with van der Waals surface area (Å²) in [6, 6.07) is 4.45. The average molecular weight is 314 g/mol. The summed E-state index contributed by atoms with van der Waals surface area (Å²) in [5, 5.41) is 2.46. The summed E-state index contributed by atoms with van der Waals surface area (Å²) in [5.74, 6) is -0.593. The predicted molar refractivity (Wildman–Crippen MR) is 78.1 cm³/mol. The van der Waals surface area contributed by atoms with Crippen LogP contribution >= 0.6 is 22.9 Å². The van der Waals surface area contributed by atoms with Crippen LogP contribution in [0.1, 0.15) is 11.3 Å². The molecule has 20 heavy (non-hydrogen) atoms. The zero-order chi connectivity index (χ0) is 14.7. The molecule has 0 saturated carbocycles. The molecular weight excluding hydrogens is 301 g/mol. The van der Waals surface area contributed by atoms with Gasteiger partial charge in [-0.25, -0.2) is 9.37 Å². The van der Waals surface area contributed by atoms with E-state index in [2.05, 4.69) is 4.98 Å². The number of halogens is 2. The van der Waals surface area contributed by atoms with Gasteiger partial charge < -0.3 is 10.6 Å². The molecule has 0 aliphatic heterocycles. The van der Waals surface area contributed by atoms with Gasteiger partial charge in [0.15, 0.2) is 5.13 Å². The molecule has 0 spiro atoms. The quantitative estimate of drug-likeness (QED) is 0.944. The number of thiazole rings is 1. The van der Waals surface area contributed by atoms with Gasteiger partial charge in [0.05, 0.1) is 12.1 Å². The molecule has 2 rings (SSSR count). The smallest absolute Gasteiger partial charge is 0.228 e. The van der Waals surface area contributed by atoms with E-state index in [-0.39, 0.29) is 18.9 Å². The second kappa shape index (κ2) is 6.19. The molecule has 0 aliphatic carbocycles. The molecule has 2 aromatic rings. The maximum Gasteiger partial charge on any atom is 0.228 e. The highest BCUT2D eigenvalue weighted by Gasteiger charge is 2.15. The number of hydrogen-bond acceptors (Lipinski definition) is 4. The number of amides is 1. The molecule has 0 atom stereocenters. The van der Waals surface area contributed by atoms with Crippen molar-refractivity contribution < 1.29 is 9.18 Å². The van der Waals surface area contributed by atoms with Crippen LogP contribution in [0.3, 0.4) is 0 Å². The van der Waals surface area contributed by atoms with Gasteiger partial charge in [-0.15, -0.1) is 11.3 Å². The van der Waals surface area contributed by atoms with E-state index >= 15 is 0 Å². The fourth-order valence-corrected chi connectivity index (χ4v) is 2.49. The molecule has 0 fully saturated rings. The monoisotopic (exact) mass is 313 g/mol. The Morgan fingerprint density at radius 1 is 1.55 bits per heavy atom. The second-order valence-corrected chi connectivity index (χ2v) is 5.60. The lowest BCUT2D eigenvalue weighted by atomic mass is 10.2. The van der Waals surface area contributed by atoms with Gasteiger partial charge in [-0.3, -0.25) is 4.79 Å². The third-order valence-electron chi connectivity index (χ3n) is 2.78. The molecule has 1 amide bonds. The van der Waals surface area contributed by atoms with E-state index in [1.165, 1.54) is 28.4 Å². The van der Waals surface area contributed by atoms with Gasteiger partial charge in [0.1, 0.15) is 5.82 Å². The van der Waals surface area contributed by atoms with Crippen LogP contribution < -0.4 is 5.73 Å². The number of nitrogen functional groups attached to an aromatic ring is 1. The first-order valence-electron chi connectivity index (χ1n) is 5.84. The van der Waals surface area contributed by atoms with Crippen molar-refractivity contribution >= 4 is 34.0 Å². The fraction of sp³-hybridized carbons (Fsp3) is 0.231. The van der Waals surface area contributed by atoms with Crippen molar-refractivity contribution in [3.8, 4) is 0 Å². The van der Waals surface area contributed by atoms with Crippen molar-refractivity contribution in [1.82, 2.24) is 9.88 Å². The highest BCUT2D eigenvalue weighted by molar-refractivity contribution is 7.13. The molecular formula is C13H13ClFN3OS. The van der Waals surface area contributed by atoms with Crippen LogP contribution in [-0.2, 0) is 17.8 Å². The Bertz CT molecular complexity index is 612. The summed E-state index contributed by atoms with van der Waals surface area (Å²) < 4.78 is 13.7. The summed E-state index contributed by atoms with van der Waals surface area (Å²) in [5.41, 5.74) is 6.43. The Labute approximate surface area is 125 Å². The number of hydrogen-bond donors (Lipinski definition) is 1. The minimum absolute atomic E-state index is 0.115. The molecule has 1 aromatic carbocycles. The third kappa shape index (κ3) is 3.46. The van der Waals surface area contributed by atoms with Crippen LogP contribution in [0.25, 0.3) is 0 Å². The van der Waals surface area contributed by atoms with E-state index < -0.39 is 5.82 Å². The summed E-state index contributed by atoms with van der Waals surface area (Å²) in [7, 11) is 1.60. The molecule has 7 heteroatoms. The van der Waals surface area contributed by atoms with Crippen LogP contribution in [0.2, 0.25) is 5.02 Å². The SMILES string of the molecule is CN(Cc1c(F)cccc1Cl)C(=O)Cc1csc(N)n1. The average Bonchev–Trinajstić information content (AvgIpc) is 2.79. The Kier molecular flexibility index (Phi) is 4.57. The van der Waals surface area contributed by atoms with Crippen LogP contribution in [0, 0.1) is 5.82 Å². The zero-order valence-corrected chi connectivity index (χ0v) is 12.3. The number of benzene rings is 1. The number of anilines is 1. The van der Waals surface area contributed by atoms with Gasteiger partial charge in [-0.2, -0.15) is 0 Å². The van der Waals surface area contributed by atoms with Crippen molar-refractivity contribution in [2.24, 2.45) is 0 Å². The lowest BCUT2D eigenvalue weighted by Crippen LogP contribution is -2.28. The number of carbonyl (C=O) groups is 1. The number of likely N-dealkylation sites (N-methyl/N-ethyl adjacent to an activating group) is 1. The van der Waals surface area contributed by atoms with E-state index in [4.69, 9.17) is 17.3 Å². The first-order chi connectivity index (χ1) is 9.47. The standard InChI is InChI=1S/C13H13ClFN3OS/c1-18(6-9-10(14)3-2-4-11(9)15)12(19)5-8-7-20-13(16)17-8/h2-4,7H,5-6H2,1H3,(H2,16,17). The molecule has 0 bridgehead atoms. The first kappa shape index (κ1) is 14.7. The van der Waals surface area contributed by atoms with Crippen molar-refractivity contribution in [3.63, 3.8) is 0 Å². The van der Waals surface area contributed by atoms with E-state index in [1.807, 2.05) is 0 Å². The second-order valence-electron chi connectivity index (χ2n) is 4.30. The minimum Gasteiger partial charge on any atom is -0.375 e. The van der Waals surface area contributed by atoms with Crippen molar-refractivity contribution in [2.45, 2.75) is 13.0 Å². The van der Waals surface area contributed by atoms with Gasteiger partial charge in [0.25, 0.3) is 0 Å². The lowest BCUT2D eigenvalue weighted by molar-refractivity contribution is -0.129. The van der Waals surface area contributed by atoms with Gasteiger partial charge in [-0.1, -0.05) is 17.7 Å². The highest BCUT2D eigenvalue weighted by atomic mass is 35.5. The summed E-state index contributed by atoms with van der Waals surface area (Å²) >= 11 is 7.22. The molecule has 0 unspecified atom stereocenters. The van der Waals surface area contributed by atoms with Crippen molar-refractivity contribution in [2.75, 3.05) is 12.8 Å². The highest BCUT2D eigenvalue weighted by Crippen LogP contribution is 2.20. The van der Waals surface area contributed by atoms with Crippen LogP contribution in [-0.4, -0.2) is 22.8 Å². The maximum atomic E-state index is 13.7. The number of carbonyl (C=O) groups excluding carboxylic acids is 1. The van der Waals surface area contributed by atoms with E-state index in [9.17, 15) is 9.18 Å². The molecule has 0 radical (unpaired) electrons. The zero-order valence-electron chi connectivity index (χ0n) is 10.8. The van der Waals surface area contributed by atoms with Crippen LogP contribution in [0.15, 0.2) is 23.6 Å². The Morgan fingerprint density at radius 2 is 2.30 bits per heavy atom. The van der Waals surface area contributed by atoms with Gasteiger partial charge >= 0.3 is 0 Å². The number of aromatic nitrogens is 1. The number of nitrogens with two attached hydrogens (primary N) is 1. The molecule has 0 saturated heterocycles. The minimum atomic E-state index is -0.421. The lowest BCUT2D eigenvalue weighted by Gasteiger charge is -2.18. The number of rotatable bonds is 4. The normalized spacial score (nSPS) is 10.6. The first-order valence-corrected chi connectivity index (χ1v) is 7.10. The summed E-state index contributed by atoms with van der Waals surface area (Å²) in [4.78, 5) is 17.5. The van der Waals surface area contributed by atoms with E-state index in [0.717, 1.165) is 0 Å². The van der Waals surface area contributed by atoms with Gasteiger partial charge in [-0.05, 0) is 12.1 Å². The fourth-order valence-electron chi connectivity index (χ4n) is 1.70. The summed E-state index contributed by atoms with van der Waals surface area (Å²) in [6.07, 6.45) is 0.135. The molecule has 1 heterocycles. The largest absolute Gasteiger partial charge is 0.375 e. The van der Waals surface area contributed by atoms with E-state index in [0.29, 0.717) is 21.4 Å². The van der Waals surface area contributed by atoms with Crippen LogP contribution in [0.5, 0.6) is 0 Å². The summed E-state index contributed by atoms with van der Waals surface area (Å²) in [6.45, 7) is 0.115. The van der Waals surface area contributed by atoms with Crippen molar-refractivity contribution in [3.05, 3.63) is 45.7 Å². The predicted octanol–water partition coefficient (Wildman–Crippen LogP) is 2.72. The Hall–Kier alpha value is -1.66. The Balaban J connectivity index is 2.04. The van der Waals surface area contributed by atoms with Gasteiger partial charge in [0.2, 0.25) is 5.91 Å². The maximum absolute atomic E-state index is 13.7. The van der Waals surface area contributed by atoms with Crippen LogP contribution in [0.4, 0.5) is 9.52 Å². The topological polar surface area (TPSA) is 59.2 Å². The molecule has 0 aliphatic rings. The molecule has 1 aromatic heterocycles. The third-order valence-corrected chi connectivity index (χ3v) is 3.86. The van der Waals surface area contributed by atoms with Crippen molar-refractivity contribution in [1.29, 1.82) is 0 Å². The molecule has 4 nitrogen and oxygen atoms in total.